The Morgan fingerprint density at radius 1 is 1.30 bits per heavy atom. The van der Waals surface area contributed by atoms with Crippen LogP contribution in [-0.2, 0) is 0 Å². The highest BCUT2D eigenvalue weighted by atomic mass is 79.9. The number of carbonyl (C=O) groups is 1. The average Bonchev–Trinajstić information content (AvgIpc) is 2.61. The number of hydrogen-bond acceptors (Lipinski definition) is 4. The fourth-order valence-corrected chi connectivity index (χ4v) is 3.19. The van der Waals surface area contributed by atoms with Gasteiger partial charge in [-0.2, -0.15) is 0 Å². The van der Waals surface area contributed by atoms with Crippen LogP contribution in [-0.4, -0.2) is 35.5 Å². The SMILES string of the molecule is O=C(NCC1CCN(c2cnccn2)CC1)c1cccc(Br)c1. The molecular weight excluding hydrogens is 356 g/mol. The van der Waals surface area contributed by atoms with Crippen molar-refractivity contribution in [1.29, 1.82) is 0 Å². The van der Waals surface area contributed by atoms with Crippen LogP contribution in [0.25, 0.3) is 0 Å². The fourth-order valence-electron chi connectivity index (χ4n) is 2.79. The summed E-state index contributed by atoms with van der Waals surface area (Å²) in [5, 5.41) is 3.04. The van der Waals surface area contributed by atoms with E-state index in [2.05, 4.69) is 36.1 Å². The van der Waals surface area contributed by atoms with Crippen molar-refractivity contribution in [1.82, 2.24) is 15.3 Å². The second kappa shape index (κ2) is 7.55. The molecule has 1 amide bonds. The molecule has 23 heavy (non-hydrogen) atoms. The van der Waals surface area contributed by atoms with Crippen LogP contribution in [0.3, 0.4) is 0 Å². The number of benzene rings is 1. The lowest BCUT2D eigenvalue weighted by molar-refractivity contribution is 0.0945. The predicted molar refractivity (Wildman–Crippen MR) is 93.4 cm³/mol. The van der Waals surface area contributed by atoms with Gasteiger partial charge in [-0.05, 0) is 37.0 Å². The number of nitrogens with zero attached hydrogens (tertiary/aromatic N) is 3. The topological polar surface area (TPSA) is 58.1 Å². The van der Waals surface area contributed by atoms with Crippen LogP contribution in [0.2, 0.25) is 0 Å². The first kappa shape index (κ1) is 15.9. The van der Waals surface area contributed by atoms with Gasteiger partial charge in [0.1, 0.15) is 5.82 Å². The first-order valence-corrected chi connectivity index (χ1v) is 8.56. The largest absolute Gasteiger partial charge is 0.355 e. The highest BCUT2D eigenvalue weighted by Gasteiger charge is 2.20. The van der Waals surface area contributed by atoms with E-state index in [4.69, 9.17) is 0 Å². The average molecular weight is 375 g/mol. The minimum Gasteiger partial charge on any atom is -0.355 e. The van der Waals surface area contributed by atoms with Crippen LogP contribution in [0.5, 0.6) is 0 Å². The molecule has 1 N–H and O–H groups in total. The lowest BCUT2D eigenvalue weighted by Gasteiger charge is -2.32. The molecule has 1 aliphatic heterocycles. The molecule has 5 nitrogen and oxygen atoms in total. The predicted octanol–water partition coefficient (Wildman–Crippen LogP) is 2.89. The van der Waals surface area contributed by atoms with E-state index in [0.717, 1.165) is 42.8 Å². The molecule has 1 aliphatic rings. The second-order valence-corrected chi connectivity index (χ2v) is 6.63. The lowest BCUT2D eigenvalue weighted by atomic mass is 9.96. The van der Waals surface area contributed by atoms with Crippen molar-refractivity contribution >= 4 is 27.7 Å². The second-order valence-electron chi connectivity index (χ2n) is 5.71. The van der Waals surface area contributed by atoms with Gasteiger partial charge in [-0.25, -0.2) is 4.98 Å². The van der Waals surface area contributed by atoms with Crippen LogP contribution in [0.15, 0.2) is 47.3 Å². The summed E-state index contributed by atoms with van der Waals surface area (Å²) in [6.07, 6.45) is 7.31. The van der Waals surface area contributed by atoms with E-state index in [1.54, 1.807) is 18.6 Å². The summed E-state index contributed by atoms with van der Waals surface area (Å²) in [7, 11) is 0. The summed E-state index contributed by atoms with van der Waals surface area (Å²) in [5.41, 5.74) is 0.691. The maximum Gasteiger partial charge on any atom is 0.251 e. The van der Waals surface area contributed by atoms with Gasteiger partial charge in [0.15, 0.2) is 0 Å². The van der Waals surface area contributed by atoms with E-state index in [-0.39, 0.29) is 5.91 Å². The molecule has 0 spiro atoms. The number of halogens is 1. The summed E-state index contributed by atoms with van der Waals surface area (Å²) >= 11 is 3.39. The van der Waals surface area contributed by atoms with Crippen LogP contribution in [0.4, 0.5) is 5.82 Å². The molecule has 1 saturated heterocycles. The van der Waals surface area contributed by atoms with Crippen LogP contribution in [0, 0.1) is 5.92 Å². The third-order valence-corrected chi connectivity index (χ3v) is 4.62. The van der Waals surface area contributed by atoms with Gasteiger partial charge in [0, 0.05) is 42.1 Å². The Hall–Kier alpha value is -1.95. The molecule has 0 atom stereocenters. The van der Waals surface area contributed by atoms with Crippen molar-refractivity contribution in [2.24, 2.45) is 5.92 Å². The molecule has 0 bridgehead atoms. The van der Waals surface area contributed by atoms with Crippen LogP contribution in [0.1, 0.15) is 23.2 Å². The molecular formula is C17H19BrN4O. The fraction of sp³-hybridized carbons (Fsp3) is 0.353. The Morgan fingerprint density at radius 3 is 2.83 bits per heavy atom. The van der Waals surface area contributed by atoms with Crippen LogP contribution < -0.4 is 10.2 Å². The molecule has 120 valence electrons. The number of hydrogen-bond donors (Lipinski definition) is 1. The highest BCUT2D eigenvalue weighted by molar-refractivity contribution is 9.10. The van der Waals surface area contributed by atoms with E-state index in [0.29, 0.717) is 11.5 Å². The van der Waals surface area contributed by atoms with E-state index in [1.807, 2.05) is 24.3 Å². The molecule has 0 saturated carbocycles. The Labute approximate surface area is 144 Å². The van der Waals surface area contributed by atoms with Gasteiger partial charge in [-0.1, -0.05) is 22.0 Å². The van der Waals surface area contributed by atoms with Gasteiger partial charge in [-0.3, -0.25) is 9.78 Å². The van der Waals surface area contributed by atoms with E-state index in [9.17, 15) is 4.79 Å². The number of piperidine rings is 1. The monoisotopic (exact) mass is 374 g/mol. The summed E-state index contributed by atoms with van der Waals surface area (Å²) in [6, 6.07) is 7.46. The zero-order chi connectivity index (χ0) is 16.1. The first-order valence-electron chi connectivity index (χ1n) is 7.77. The van der Waals surface area contributed by atoms with E-state index < -0.39 is 0 Å². The minimum atomic E-state index is -0.0114. The number of amides is 1. The molecule has 1 aromatic carbocycles. The molecule has 0 unspecified atom stereocenters. The summed E-state index contributed by atoms with van der Waals surface area (Å²) in [6.45, 7) is 2.63. The maximum absolute atomic E-state index is 12.2. The quantitative estimate of drug-likeness (QED) is 0.893. The molecule has 3 rings (SSSR count). The van der Waals surface area contributed by atoms with E-state index >= 15 is 0 Å². The van der Waals surface area contributed by atoms with Gasteiger partial charge < -0.3 is 10.2 Å². The normalized spacial score (nSPS) is 15.4. The van der Waals surface area contributed by atoms with Crippen molar-refractivity contribution in [3.63, 3.8) is 0 Å². The molecule has 0 radical (unpaired) electrons. The number of rotatable bonds is 4. The van der Waals surface area contributed by atoms with Crippen molar-refractivity contribution in [2.75, 3.05) is 24.5 Å². The van der Waals surface area contributed by atoms with Crippen molar-refractivity contribution < 1.29 is 4.79 Å². The molecule has 6 heteroatoms. The van der Waals surface area contributed by atoms with Gasteiger partial charge >= 0.3 is 0 Å². The zero-order valence-electron chi connectivity index (χ0n) is 12.8. The van der Waals surface area contributed by atoms with Gasteiger partial charge in [0.05, 0.1) is 6.20 Å². The molecule has 1 aromatic heterocycles. The molecule has 1 fully saturated rings. The Morgan fingerprint density at radius 2 is 2.13 bits per heavy atom. The highest BCUT2D eigenvalue weighted by Crippen LogP contribution is 2.20. The third-order valence-electron chi connectivity index (χ3n) is 4.13. The van der Waals surface area contributed by atoms with Gasteiger partial charge in [-0.15, -0.1) is 0 Å². The van der Waals surface area contributed by atoms with Gasteiger partial charge in [0.25, 0.3) is 5.91 Å². The van der Waals surface area contributed by atoms with Gasteiger partial charge in [0.2, 0.25) is 0 Å². The molecule has 2 aromatic rings. The van der Waals surface area contributed by atoms with Crippen molar-refractivity contribution in [3.05, 3.63) is 52.9 Å². The molecule has 0 aliphatic carbocycles. The number of anilines is 1. The summed E-state index contributed by atoms with van der Waals surface area (Å²) in [5.74, 6) is 1.44. The van der Waals surface area contributed by atoms with Crippen molar-refractivity contribution in [3.8, 4) is 0 Å². The number of aromatic nitrogens is 2. The van der Waals surface area contributed by atoms with Crippen molar-refractivity contribution in [2.45, 2.75) is 12.8 Å². The summed E-state index contributed by atoms with van der Waals surface area (Å²) in [4.78, 5) is 22.9. The molecule has 2 heterocycles. The smallest absolute Gasteiger partial charge is 0.251 e. The maximum atomic E-state index is 12.2. The summed E-state index contributed by atoms with van der Waals surface area (Å²) < 4.78 is 0.919. The lowest BCUT2D eigenvalue weighted by Crippen LogP contribution is -2.39. The van der Waals surface area contributed by atoms with Crippen LogP contribution >= 0.6 is 15.9 Å². The van der Waals surface area contributed by atoms with E-state index in [1.165, 1.54) is 0 Å². The Balaban J connectivity index is 1.47. The Bertz CT molecular complexity index is 657. The Kier molecular flexibility index (Phi) is 5.23. The third kappa shape index (κ3) is 4.28. The standard InChI is InChI=1S/C17H19BrN4O/c18-15-3-1-2-14(10-15)17(23)21-11-13-4-8-22(9-5-13)16-12-19-6-7-20-16/h1-3,6-7,10,12-13H,4-5,8-9,11H2,(H,21,23). The number of carbonyl (C=O) groups excluding carboxylic acids is 1. The zero-order valence-corrected chi connectivity index (χ0v) is 14.4. The first-order chi connectivity index (χ1) is 11.2. The minimum absolute atomic E-state index is 0.0114. The number of nitrogens with one attached hydrogen (secondary N) is 1.